The monoisotopic (exact) mass is 393 g/mol. The van der Waals surface area contributed by atoms with Crippen molar-refractivity contribution in [2.75, 3.05) is 5.32 Å². The number of rotatable bonds is 3. The Bertz CT molecular complexity index is 847. The van der Waals surface area contributed by atoms with Crippen LogP contribution in [0.3, 0.4) is 0 Å². The Kier molecular flexibility index (Phi) is 4.54. The fraction of sp³-hybridized carbons (Fsp3) is 0.333. The SMILES string of the molecule is NNC(=O)c1cc2n(n1)[C@H](C(F)(F)C(F)(F)F)C[C@@H](c1ccc(F)cc1)N2. The van der Waals surface area contributed by atoms with Crippen molar-refractivity contribution < 1.29 is 31.1 Å². The summed E-state index contributed by atoms with van der Waals surface area (Å²) in [7, 11) is 0. The number of nitrogens with zero attached hydrogens (tertiary/aromatic N) is 2. The summed E-state index contributed by atoms with van der Waals surface area (Å²) in [6.45, 7) is 0. The number of fused-ring (bicyclic) bond motifs is 1. The van der Waals surface area contributed by atoms with Crippen LogP contribution in [0.1, 0.15) is 34.6 Å². The number of anilines is 1. The summed E-state index contributed by atoms with van der Waals surface area (Å²) < 4.78 is 80.7. The van der Waals surface area contributed by atoms with Gasteiger partial charge in [0, 0.05) is 12.5 Å². The third-order valence-corrected chi connectivity index (χ3v) is 4.24. The van der Waals surface area contributed by atoms with Crippen molar-refractivity contribution in [1.29, 1.82) is 0 Å². The maximum Gasteiger partial charge on any atom is 0.455 e. The number of nitrogens with two attached hydrogens (primary N) is 1. The molecular formula is C15H13F6N5O. The molecule has 146 valence electrons. The van der Waals surface area contributed by atoms with Crippen molar-refractivity contribution in [3.05, 3.63) is 47.4 Å². The number of amides is 1. The molecule has 6 nitrogen and oxygen atoms in total. The van der Waals surface area contributed by atoms with Gasteiger partial charge in [-0.3, -0.25) is 10.2 Å². The van der Waals surface area contributed by atoms with E-state index in [0.29, 0.717) is 10.2 Å². The first-order chi connectivity index (χ1) is 12.5. The second-order valence-electron chi connectivity index (χ2n) is 5.95. The predicted octanol–water partition coefficient (Wildman–Crippen LogP) is 2.92. The number of benzene rings is 1. The second-order valence-corrected chi connectivity index (χ2v) is 5.95. The van der Waals surface area contributed by atoms with E-state index in [2.05, 4.69) is 10.4 Å². The van der Waals surface area contributed by atoms with Crippen LogP contribution in [0.15, 0.2) is 30.3 Å². The van der Waals surface area contributed by atoms with Crippen LogP contribution in [0, 0.1) is 5.82 Å². The van der Waals surface area contributed by atoms with E-state index in [1.54, 1.807) is 5.43 Å². The largest absolute Gasteiger partial charge is 0.455 e. The van der Waals surface area contributed by atoms with Crippen molar-refractivity contribution in [3.8, 4) is 0 Å². The quantitative estimate of drug-likeness (QED) is 0.324. The smallest absolute Gasteiger partial charge is 0.363 e. The van der Waals surface area contributed by atoms with Gasteiger partial charge in [-0.25, -0.2) is 14.9 Å². The molecule has 3 rings (SSSR count). The Morgan fingerprint density at radius 3 is 2.41 bits per heavy atom. The van der Waals surface area contributed by atoms with Gasteiger partial charge in [-0.1, -0.05) is 12.1 Å². The van der Waals surface area contributed by atoms with E-state index in [9.17, 15) is 31.1 Å². The Morgan fingerprint density at radius 2 is 1.85 bits per heavy atom. The van der Waals surface area contributed by atoms with Crippen molar-refractivity contribution >= 4 is 11.7 Å². The first-order valence-electron chi connectivity index (χ1n) is 7.61. The molecule has 0 radical (unpaired) electrons. The van der Waals surface area contributed by atoms with Gasteiger partial charge in [-0.05, 0) is 17.7 Å². The van der Waals surface area contributed by atoms with Gasteiger partial charge in [0.2, 0.25) is 0 Å². The molecule has 2 heterocycles. The van der Waals surface area contributed by atoms with Gasteiger partial charge in [0.1, 0.15) is 17.7 Å². The van der Waals surface area contributed by atoms with Crippen LogP contribution in [-0.4, -0.2) is 27.8 Å². The minimum Gasteiger partial charge on any atom is -0.363 e. The third kappa shape index (κ3) is 3.31. The molecule has 27 heavy (non-hydrogen) atoms. The van der Waals surface area contributed by atoms with Gasteiger partial charge in [-0.15, -0.1) is 0 Å². The molecule has 4 N–H and O–H groups in total. The molecule has 0 fully saturated rings. The van der Waals surface area contributed by atoms with Crippen LogP contribution in [0.25, 0.3) is 0 Å². The van der Waals surface area contributed by atoms with E-state index in [4.69, 9.17) is 5.84 Å². The Hall–Kier alpha value is -2.76. The zero-order chi connectivity index (χ0) is 20.0. The maximum atomic E-state index is 14.1. The van der Waals surface area contributed by atoms with Gasteiger partial charge in [0.15, 0.2) is 5.69 Å². The molecule has 12 heteroatoms. The second kappa shape index (κ2) is 6.44. The van der Waals surface area contributed by atoms with Crippen molar-refractivity contribution in [2.24, 2.45) is 5.84 Å². The van der Waals surface area contributed by atoms with E-state index in [1.165, 1.54) is 12.1 Å². The standard InChI is InChI=1S/C15H13F6N5O/c16-8-3-1-7(2-4-8)9-5-11(14(17,18)15(19,20)21)26-12(23-9)6-10(25-26)13(27)24-22/h1-4,6,9,11,23H,5,22H2,(H,24,27)/t9-,11-/m0/s1. The molecule has 2 atom stereocenters. The first-order valence-corrected chi connectivity index (χ1v) is 7.61. The summed E-state index contributed by atoms with van der Waals surface area (Å²) in [6.07, 6.45) is -6.53. The van der Waals surface area contributed by atoms with Crippen LogP contribution < -0.4 is 16.6 Å². The van der Waals surface area contributed by atoms with Crippen LogP contribution in [0.4, 0.5) is 32.2 Å². The lowest BCUT2D eigenvalue weighted by atomic mass is 9.93. The molecule has 0 unspecified atom stereocenters. The number of alkyl halides is 5. The number of hydrogen-bond acceptors (Lipinski definition) is 4. The molecule has 0 spiro atoms. The predicted molar refractivity (Wildman–Crippen MR) is 81.3 cm³/mol. The molecule has 1 aromatic heterocycles. The number of halogens is 6. The number of hydrazine groups is 1. The number of nitrogens with one attached hydrogen (secondary N) is 2. The lowest BCUT2D eigenvalue weighted by Crippen LogP contribution is -2.47. The number of hydrogen-bond donors (Lipinski definition) is 3. The maximum absolute atomic E-state index is 14.1. The molecule has 1 aromatic carbocycles. The van der Waals surface area contributed by atoms with E-state index >= 15 is 0 Å². The lowest BCUT2D eigenvalue weighted by molar-refractivity contribution is -0.301. The van der Waals surface area contributed by atoms with Gasteiger partial charge < -0.3 is 5.32 Å². The summed E-state index contributed by atoms with van der Waals surface area (Å²) in [5.74, 6) is -1.93. The number of carbonyl (C=O) groups is 1. The topological polar surface area (TPSA) is 85.0 Å². The average Bonchev–Trinajstić information content (AvgIpc) is 3.03. The van der Waals surface area contributed by atoms with E-state index in [-0.39, 0.29) is 5.82 Å². The van der Waals surface area contributed by atoms with Gasteiger partial charge in [0.05, 0.1) is 6.04 Å². The van der Waals surface area contributed by atoms with Crippen LogP contribution in [-0.2, 0) is 0 Å². The zero-order valence-corrected chi connectivity index (χ0v) is 13.4. The summed E-state index contributed by atoms with van der Waals surface area (Å²) in [5, 5.41) is 6.29. The lowest BCUT2D eigenvalue weighted by Gasteiger charge is -2.37. The highest BCUT2D eigenvalue weighted by Crippen LogP contribution is 2.50. The summed E-state index contributed by atoms with van der Waals surface area (Å²) in [6, 6.07) is 2.28. The fourth-order valence-electron chi connectivity index (χ4n) is 2.89. The van der Waals surface area contributed by atoms with Crippen LogP contribution in [0.5, 0.6) is 0 Å². The Labute approximate surface area is 148 Å². The summed E-state index contributed by atoms with van der Waals surface area (Å²) in [5.41, 5.74) is 1.60. The van der Waals surface area contributed by atoms with Crippen LogP contribution >= 0.6 is 0 Å². The molecule has 0 bridgehead atoms. The van der Waals surface area contributed by atoms with E-state index in [0.717, 1.165) is 18.2 Å². The van der Waals surface area contributed by atoms with E-state index in [1.807, 2.05) is 0 Å². The third-order valence-electron chi connectivity index (χ3n) is 4.24. The molecule has 1 aliphatic rings. The number of nitrogen functional groups attached to an aromatic ring is 1. The fourth-order valence-corrected chi connectivity index (χ4v) is 2.89. The highest BCUT2D eigenvalue weighted by atomic mass is 19.4. The van der Waals surface area contributed by atoms with Crippen LogP contribution in [0.2, 0.25) is 0 Å². The normalized spacial score (nSPS) is 20.0. The molecule has 1 amide bonds. The molecule has 0 saturated heterocycles. The van der Waals surface area contributed by atoms with Gasteiger partial charge in [0.25, 0.3) is 5.91 Å². The zero-order valence-electron chi connectivity index (χ0n) is 13.4. The van der Waals surface area contributed by atoms with Gasteiger partial charge in [-0.2, -0.15) is 27.1 Å². The summed E-state index contributed by atoms with van der Waals surface area (Å²) in [4.78, 5) is 11.6. The number of aromatic nitrogens is 2. The van der Waals surface area contributed by atoms with Crippen molar-refractivity contribution in [1.82, 2.24) is 15.2 Å². The first kappa shape index (κ1) is 19.0. The minimum absolute atomic E-state index is 0.219. The Balaban J connectivity index is 2.07. The molecule has 0 saturated carbocycles. The average molecular weight is 393 g/mol. The molecule has 1 aliphatic heterocycles. The molecule has 2 aromatic rings. The summed E-state index contributed by atoms with van der Waals surface area (Å²) >= 11 is 0. The number of carbonyl (C=O) groups excluding carboxylic acids is 1. The van der Waals surface area contributed by atoms with Gasteiger partial charge >= 0.3 is 12.1 Å². The Morgan fingerprint density at radius 1 is 1.22 bits per heavy atom. The minimum atomic E-state index is -5.83. The van der Waals surface area contributed by atoms with Crippen molar-refractivity contribution in [3.63, 3.8) is 0 Å². The van der Waals surface area contributed by atoms with Crippen molar-refractivity contribution in [2.45, 2.75) is 30.6 Å². The molecule has 0 aliphatic carbocycles. The van der Waals surface area contributed by atoms with E-state index < -0.39 is 48.0 Å². The highest BCUT2D eigenvalue weighted by Gasteiger charge is 2.64. The molecular weight excluding hydrogens is 380 g/mol. The highest BCUT2D eigenvalue weighted by molar-refractivity contribution is 5.92.